The number of aromatic nitrogens is 1. The zero-order valence-corrected chi connectivity index (χ0v) is 14.0. The number of halogens is 1. The van der Waals surface area contributed by atoms with Crippen LogP contribution in [0.1, 0.15) is 35.1 Å². The second-order valence-corrected chi connectivity index (χ2v) is 6.01. The Kier molecular flexibility index (Phi) is 5.11. The Balaban J connectivity index is 2.28. The molecular weight excluding hydrogens is 316 g/mol. The van der Waals surface area contributed by atoms with Crippen molar-refractivity contribution in [2.75, 3.05) is 0 Å². The summed E-state index contributed by atoms with van der Waals surface area (Å²) in [5.41, 5.74) is 3.17. The first-order valence-electron chi connectivity index (χ1n) is 7.27. The van der Waals surface area contributed by atoms with Gasteiger partial charge in [-0.15, -0.1) is 0 Å². The Morgan fingerprint density at radius 1 is 1.26 bits per heavy atom. The van der Waals surface area contributed by atoms with Gasteiger partial charge in [0, 0.05) is 28.1 Å². The van der Waals surface area contributed by atoms with Crippen LogP contribution in [0.4, 0.5) is 0 Å². The number of nitrogens with one attached hydrogen (secondary N) is 1. The van der Waals surface area contributed by atoms with Crippen LogP contribution in [0.2, 0.25) is 5.02 Å². The molecule has 0 bridgehead atoms. The van der Waals surface area contributed by atoms with Crippen LogP contribution >= 0.6 is 11.6 Å². The maximum Gasteiger partial charge on any atom is 0.305 e. The molecule has 23 heavy (non-hydrogen) atoms. The molecular formula is C17H19ClN2O3. The van der Waals surface area contributed by atoms with E-state index in [0.717, 1.165) is 17.1 Å². The number of hydrogen-bond acceptors (Lipinski definition) is 2. The minimum absolute atomic E-state index is 0.109. The average molecular weight is 335 g/mol. The molecule has 6 heteroatoms. The third-order valence-corrected chi connectivity index (χ3v) is 3.87. The highest BCUT2D eigenvalue weighted by Crippen LogP contribution is 2.22. The number of aryl methyl sites for hydroxylation is 1. The van der Waals surface area contributed by atoms with E-state index in [9.17, 15) is 9.59 Å². The van der Waals surface area contributed by atoms with Gasteiger partial charge in [0.2, 0.25) is 0 Å². The molecule has 0 aliphatic carbocycles. The Morgan fingerprint density at radius 3 is 2.43 bits per heavy atom. The van der Waals surface area contributed by atoms with E-state index in [-0.39, 0.29) is 12.3 Å². The molecule has 1 aromatic heterocycles. The molecule has 1 atom stereocenters. The monoisotopic (exact) mass is 334 g/mol. The van der Waals surface area contributed by atoms with E-state index < -0.39 is 12.0 Å². The molecule has 1 heterocycles. The topological polar surface area (TPSA) is 71.3 Å². The number of carboxylic acid groups (broad SMARTS) is 1. The highest BCUT2D eigenvalue weighted by atomic mass is 35.5. The standard InChI is InChI=1S/C17H19ClN2O3/c1-10(8-16(21)22)19-17(23)15-9-11(2)20(12(15)3)14-6-4-13(18)5-7-14/h4-7,9-10H,8H2,1-3H3,(H,19,23)(H,21,22). The first-order chi connectivity index (χ1) is 10.8. The summed E-state index contributed by atoms with van der Waals surface area (Å²) >= 11 is 5.91. The van der Waals surface area contributed by atoms with Gasteiger partial charge in [-0.2, -0.15) is 0 Å². The first-order valence-corrected chi connectivity index (χ1v) is 7.65. The lowest BCUT2D eigenvalue weighted by Crippen LogP contribution is -2.34. The van der Waals surface area contributed by atoms with E-state index >= 15 is 0 Å². The second-order valence-electron chi connectivity index (χ2n) is 5.57. The SMILES string of the molecule is Cc1cc(C(=O)NC(C)CC(=O)O)c(C)n1-c1ccc(Cl)cc1. The molecule has 1 amide bonds. The van der Waals surface area contributed by atoms with Crippen molar-refractivity contribution >= 4 is 23.5 Å². The van der Waals surface area contributed by atoms with Crippen molar-refractivity contribution in [1.29, 1.82) is 0 Å². The molecule has 0 aliphatic heterocycles. The molecule has 0 aliphatic rings. The number of aliphatic carboxylic acids is 1. The predicted molar refractivity (Wildman–Crippen MR) is 89.4 cm³/mol. The minimum atomic E-state index is -0.940. The zero-order valence-electron chi connectivity index (χ0n) is 13.3. The largest absolute Gasteiger partial charge is 0.481 e. The van der Waals surface area contributed by atoms with Crippen LogP contribution in [0.25, 0.3) is 5.69 Å². The summed E-state index contributed by atoms with van der Waals surface area (Å²) < 4.78 is 1.97. The quantitative estimate of drug-likeness (QED) is 0.881. The number of nitrogens with zero attached hydrogens (tertiary/aromatic N) is 1. The van der Waals surface area contributed by atoms with Gasteiger partial charge in [0.05, 0.1) is 12.0 Å². The van der Waals surface area contributed by atoms with E-state index in [2.05, 4.69) is 5.32 Å². The van der Waals surface area contributed by atoms with Crippen LogP contribution in [0.3, 0.4) is 0 Å². The second kappa shape index (κ2) is 6.87. The average Bonchev–Trinajstić information content (AvgIpc) is 2.74. The fraction of sp³-hybridized carbons (Fsp3) is 0.294. The van der Waals surface area contributed by atoms with Crippen LogP contribution in [0, 0.1) is 13.8 Å². The number of carboxylic acids is 1. The Bertz CT molecular complexity index is 735. The van der Waals surface area contributed by atoms with E-state index in [1.165, 1.54) is 0 Å². The van der Waals surface area contributed by atoms with Crippen molar-refractivity contribution in [3.05, 3.63) is 52.3 Å². The van der Waals surface area contributed by atoms with Gasteiger partial charge < -0.3 is 15.0 Å². The van der Waals surface area contributed by atoms with Crippen LogP contribution in [0.5, 0.6) is 0 Å². The third kappa shape index (κ3) is 3.93. The highest BCUT2D eigenvalue weighted by Gasteiger charge is 2.19. The lowest BCUT2D eigenvalue weighted by molar-refractivity contribution is -0.137. The van der Waals surface area contributed by atoms with Crippen molar-refractivity contribution in [3.8, 4) is 5.69 Å². The van der Waals surface area contributed by atoms with E-state index in [1.807, 2.05) is 30.5 Å². The molecule has 0 saturated heterocycles. The summed E-state index contributed by atoms with van der Waals surface area (Å²) in [5, 5.41) is 12.1. The lowest BCUT2D eigenvalue weighted by Gasteiger charge is -2.12. The van der Waals surface area contributed by atoms with Crippen LogP contribution < -0.4 is 5.32 Å². The molecule has 0 radical (unpaired) electrons. The molecule has 5 nitrogen and oxygen atoms in total. The summed E-state index contributed by atoms with van der Waals surface area (Å²) in [5.74, 6) is -1.21. The predicted octanol–water partition coefficient (Wildman–Crippen LogP) is 3.34. The summed E-state index contributed by atoms with van der Waals surface area (Å²) in [6.07, 6.45) is -0.109. The minimum Gasteiger partial charge on any atom is -0.481 e. The van der Waals surface area contributed by atoms with Crippen LogP contribution in [0.15, 0.2) is 30.3 Å². The Labute approximate surface area is 139 Å². The maximum absolute atomic E-state index is 12.4. The molecule has 2 aromatic rings. The van der Waals surface area contributed by atoms with Crippen LogP contribution in [-0.2, 0) is 4.79 Å². The number of amides is 1. The number of carbonyl (C=O) groups is 2. The molecule has 2 N–H and O–H groups in total. The van der Waals surface area contributed by atoms with Crippen molar-refractivity contribution in [1.82, 2.24) is 9.88 Å². The van der Waals surface area contributed by atoms with Gasteiger partial charge in [-0.1, -0.05) is 11.6 Å². The van der Waals surface area contributed by atoms with E-state index in [1.54, 1.807) is 25.1 Å². The van der Waals surface area contributed by atoms with E-state index in [4.69, 9.17) is 16.7 Å². The maximum atomic E-state index is 12.4. The third-order valence-electron chi connectivity index (χ3n) is 3.62. The fourth-order valence-electron chi connectivity index (χ4n) is 2.59. The van der Waals surface area contributed by atoms with Crippen LogP contribution in [-0.4, -0.2) is 27.6 Å². The number of benzene rings is 1. The molecule has 1 unspecified atom stereocenters. The lowest BCUT2D eigenvalue weighted by atomic mass is 10.2. The number of hydrogen-bond donors (Lipinski definition) is 2. The molecule has 0 fully saturated rings. The van der Waals surface area contributed by atoms with Gasteiger partial charge in [-0.05, 0) is 51.1 Å². The van der Waals surface area contributed by atoms with Gasteiger partial charge in [0.15, 0.2) is 0 Å². The summed E-state index contributed by atoms with van der Waals surface area (Å²) in [6.45, 7) is 5.45. The zero-order chi connectivity index (χ0) is 17.1. The highest BCUT2D eigenvalue weighted by molar-refractivity contribution is 6.30. The van der Waals surface area contributed by atoms with Crippen molar-refractivity contribution in [3.63, 3.8) is 0 Å². The van der Waals surface area contributed by atoms with Crippen molar-refractivity contribution in [2.24, 2.45) is 0 Å². The summed E-state index contributed by atoms with van der Waals surface area (Å²) in [6, 6.07) is 8.73. The van der Waals surface area contributed by atoms with Gasteiger partial charge in [0.25, 0.3) is 5.91 Å². The number of rotatable bonds is 5. The van der Waals surface area contributed by atoms with Gasteiger partial charge in [-0.3, -0.25) is 9.59 Å². The molecule has 0 spiro atoms. The van der Waals surface area contributed by atoms with E-state index in [0.29, 0.717) is 10.6 Å². The molecule has 1 aromatic carbocycles. The normalized spacial score (nSPS) is 12.0. The Hall–Kier alpha value is -2.27. The smallest absolute Gasteiger partial charge is 0.305 e. The van der Waals surface area contributed by atoms with Crippen molar-refractivity contribution < 1.29 is 14.7 Å². The Morgan fingerprint density at radius 2 is 1.87 bits per heavy atom. The summed E-state index contributed by atoms with van der Waals surface area (Å²) in [4.78, 5) is 23.1. The first kappa shape index (κ1) is 17.1. The summed E-state index contributed by atoms with van der Waals surface area (Å²) in [7, 11) is 0. The van der Waals surface area contributed by atoms with Gasteiger partial charge >= 0.3 is 5.97 Å². The molecule has 122 valence electrons. The molecule has 0 saturated carbocycles. The fourth-order valence-corrected chi connectivity index (χ4v) is 2.72. The van der Waals surface area contributed by atoms with Gasteiger partial charge in [0.1, 0.15) is 0 Å². The van der Waals surface area contributed by atoms with Crippen molar-refractivity contribution in [2.45, 2.75) is 33.2 Å². The number of carbonyl (C=O) groups excluding carboxylic acids is 1. The van der Waals surface area contributed by atoms with Gasteiger partial charge in [-0.25, -0.2) is 0 Å². The molecule has 2 rings (SSSR count).